The van der Waals surface area contributed by atoms with E-state index in [0.717, 1.165) is 52.0 Å². The molecule has 0 bridgehead atoms. The lowest BCUT2D eigenvalue weighted by molar-refractivity contribution is -0.459. The first-order valence-corrected chi connectivity index (χ1v) is 7.95. The van der Waals surface area contributed by atoms with Crippen molar-refractivity contribution in [2.24, 2.45) is 11.5 Å². The first kappa shape index (κ1) is 17.8. The normalized spacial score (nSPS) is 16.8. The van der Waals surface area contributed by atoms with Gasteiger partial charge in [-0.3, -0.25) is 26.2 Å². The van der Waals surface area contributed by atoms with Gasteiger partial charge in [0.2, 0.25) is 5.91 Å². The van der Waals surface area contributed by atoms with E-state index in [1.165, 1.54) is 0 Å². The molecule has 1 aliphatic rings. The maximum absolute atomic E-state index is 12.1. The van der Waals surface area contributed by atoms with Gasteiger partial charge in [0.1, 0.15) is 0 Å². The SMILES string of the molecule is CC(C)(C)N1CCN(C(=O)CCCCC[NH+]=C(N)N)CC1. The lowest BCUT2D eigenvalue weighted by atomic mass is 10.0. The summed E-state index contributed by atoms with van der Waals surface area (Å²) in [6.45, 7) is 11.1. The highest BCUT2D eigenvalue weighted by molar-refractivity contribution is 5.76. The topological polar surface area (TPSA) is 89.6 Å². The van der Waals surface area contributed by atoms with Crippen LogP contribution < -0.4 is 16.5 Å². The molecule has 1 aliphatic heterocycles. The molecule has 0 aromatic rings. The summed E-state index contributed by atoms with van der Waals surface area (Å²) in [6, 6.07) is 0. The van der Waals surface area contributed by atoms with E-state index in [-0.39, 0.29) is 11.5 Å². The molecule has 5 N–H and O–H groups in total. The Balaban J connectivity index is 2.15. The molecule has 0 aromatic heterocycles. The molecule has 0 aliphatic carbocycles. The molecule has 122 valence electrons. The van der Waals surface area contributed by atoms with Gasteiger partial charge in [-0.2, -0.15) is 0 Å². The van der Waals surface area contributed by atoms with Gasteiger partial charge in [-0.15, -0.1) is 0 Å². The zero-order valence-electron chi connectivity index (χ0n) is 13.8. The second kappa shape index (κ2) is 8.22. The molecule has 0 radical (unpaired) electrons. The predicted molar refractivity (Wildman–Crippen MR) is 85.6 cm³/mol. The lowest BCUT2D eigenvalue weighted by Crippen LogP contribution is -2.78. The molecule has 21 heavy (non-hydrogen) atoms. The van der Waals surface area contributed by atoms with Crippen LogP contribution in [0.2, 0.25) is 0 Å². The smallest absolute Gasteiger partial charge is 0.338 e. The van der Waals surface area contributed by atoms with Crippen molar-refractivity contribution >= 4 is 11.9 Å². The maximum atomic E-state index is 12.1. The molecule has 0 atom stereocenters. The third-order valence-corrected chi connectivity index (χ3v) is 3.98. The second-order valence-corrected chi connectivity index (χ2v) is 6.73. The maximum Gasteiger partial charge on any atom is 0.338 e. The Morgan fingerprint density at radius 1 is 1.05 bits per heavy atom. The molecule has 1 rings (SSSR count). The largest absolute Gasteiger partial charge is 0.340 e. The average molecular weight is 298 g/mol. The first-order chi connectivity index (χ1) is 9.80. The molecule has 1 heterocycles. The zero-order chi connectivity index (χ0) is 15.9. The van der Waals surface area contributed by atoms with Gasteiger partial charge in [-0.05, 0) is 40.0 Å². The summed E-state index contributed by atoms with van der Waals surface area (Å²) in [5, 5.41) is 0. The fourth-order valence-corrected chi connectivity index (χ4v) is 2.60. The van der Waals surface area contributed by atoms with Crippen LogP contribution in [0.3, 0.4) is 0 Å². The van der Waals surface area contributed by atoms with Gasteiger partial charge in [-0.1, -0.05) is 0 Å². The van der Waals surface area contributed by atoms with Crippen molar-refractivity contribution in [1.82, 2.24) is 9.80 Å². The number of carbonyl (C=O) groups excluding carboxylic acids is 1. The van der Waals surface area contributed by atoms with E-state index < -0.39 is 0 Å². The highest BCUT2D eigenvalue weighted by Gasteiger charge is 2.27. The van der Waals surface area contributed by atoms with Gasteiger partial charge in [-0.25, -0.2) is 0 Å². The van der Waals surface area contributed by atoms with Crippen LogP contribution in [0.25, 0.3) is 0 Å². The van der Waals surface area contributed by atoms with E-state index in [1.807, 2.05) is 4.90 Å². The fourth-order valence-electron chi connectivity index (χ4n) is 2.60. The van der Waals surface area contributed by atoms with Crippen LogP contribution in [0, 0.1) is 0 Å². The minimum atomic E-state index is 0.198. The van der Waals surface area contributed by atoms with Crippen LogP contribution >= 0.6 is 0 Å². The number of piperazine rings is 1. The van der Waals surface area contributed by atoms with Crippen molar-refractivity contribution in [1.29, 1.82) is 0 Å². The number of nitrogens with two attached hydrogens (primary N) is 2. The molecule has 1 fully saturated rings. The summed E-state index contributed by atoms with van der Waals surface area (Å²) in [4.78, 5) is 19.5. The molecular weight excluding hydrogens is 266 g/mol. The number of carbonyl (C=O) groups is 1. The van der Waals surface area contributed by atoms with E-state index in [9.17, 15) is 4.79 Å². The Bertz CT molecular complexity index is 350. The number of nitrogens with zero attached hydrogens (tertiary/aromatic N) is 2. The number of unbranched alkanes of at least 4 members (excludes halogenated alkanes) is 2. The van der Waals surface area contributed by atoms with E-state index in [0.29, 0.717) is 12.3 Å². The monoisotopic (exact) mass is 298 g/mol. The summed E-state index contributed by atoms with van der Waals surface area (Å²) in [5.74, 6) is 0.559. The Morgan fingerprint density at radius 2 is 1.67 bits per heavy atom. The van der Waals surface area contributed by atoms with Crippen LogP contribution in [0.5, 0.6) is 0 Å². The Hall–Kier alpha value is -1.30. The Morgan fingerprint density at radius 3 is 2.19 bits per heavy atom. The van der Waals surface area contributed by atoms with E-state index in [2.05, 4.69) is 30.7 Å². The number of nitrogens with one attached hydrogen (secondary N) is 1. The zero-order valence-corrected chi connectivity index (χ0v) is 13.8. The molecule has 6 heteroatoms. The highest BCUT2D eigenvalue weighted by atomic mass is 16.2. The standard InChI is InChI=1S/C15H31N5O/c1-15(2,3)20-11-9-19(10-12-20)13(21)7-5-4-6-8-18-14(16)17/h4-12H2,1-3H3,(H4,16,17,18)/p+1. The summed E-state index contributed by atoms with van der Waals surface area (Å²) in [5.41, 5.74) is 10.8. The van der Waals surface area contributed by atoms with Gasteiger partial charge in [0.15, 0.2) is 0 Å². The van der Waals surface area contributed by atoms with Crippen molar-refractivity contribution in [3.8, 4) is 0 Å². The summed E-state index contributed by atoms with van der Waals surface area (Å²) < 4.78 is 0. The van der Waals surface area contributed by atoms with Crippen molar-refractivity contribution in [2.75, 3.05) is 32.7 Å². The van der Waals surface area contributed by atoms with Crippen molar-refractivity contribution in [3.05, 3.63) is 0 Å². The third-order valence-electron chi connectivity index (χ3n) is 3.98. The summed E-state index contributed by atoms with van der Waals surface area (Å²) in [7, 11) is 0. The van der Waals surface area contributed by atoms with Crippen LogP contribution in [-0.4, -0.2) is 59.9 Å². The van der Waals surface area contributed by atoms with Crippen molar-refractivity contribution in [2.45, 2.75) is 52.0 Å². The van der Waals surface area contributed by atoms with Crippen molar-refractivity contribution < 1.29 is 9.79 Å². The molecular formula is C15H32N5O+. The highest BCUT2D eigenvalue weighted by Crippen LogP contribution is 2.16. The number of amides is 1. The Labute approximate surface area is 128 Å². The van der Waals surface area contributed by atoms with Gasteiger partial charge in [0, 0.05) is 38.1 Å². The van der Waals surface area contributed by atoms with Crippen LogP contribution in [0.4, 0.5) is 0 Å². The van der Waals surface area contributed by atoms with E-state index in [4.69, 9.17) is 11.5 Å². The van der Waals surface area contributed by atoms with Gasteiger partial charge in [0.05, 0.1) is 6.54 Å². The fraction of sp³-hybridized carbons (Fsp3) is 0.867. The molecule has 1 amide bonds. The minimum Gasteiger partial charge on any atom is -0.340 e. The van der Waals surface area contributed by atoms with Gasteiger partial charge in [0.25, 0.3) is 0 Å². The molecule has 1 saturated heterocycles. The lowest BCUT2D eigenvalue weighted by Gasteiger charge is -2.42. The van der Waals surface area contributed by atoms with Crippen LogP contribution in [-0.2, 0) is 4.79 Å². The van der Waals surface area contributed by atoms with E-state index >= 15 is 0 Å². The molecule has 0 unspecified atom stereocenters. The molecule has 6 nitrogen and oxygen atoms in total. The van der Waals surface area contributed by atoms with Crippen LogP contribution in [0.15, 0.2) is 0 Å². The van der Waals surface area contributed by atoms with E-state index in [1.54, 1.807) is 0 Å². The number of rotatable bonds is 6. The molecule has 0 aromatic carbocycles. The molecule has 0 spiro atoms. The summed E-state index contributed by atoms with van der Waals surface area (Å²) >= 11 is 0. The predicted octanol–water partition coefficient (Wildman–Crippen LogP) is -1.16. The Kier molecular flexibility index (Phi) is 6.95. The van der Waals surface area contributed by atoms with Gasteiger partial charge < -0.3 is 4.90 Å². The molecule has 0 saturated carbocycles. The second-order valence-electron chi connectivity index (χ2n) is 6.73. The quantitative estimate of drug-likeness (QED) is 0.328. The average Bonchev–Trinajstić information content (AvgIpc) is 2.41. The number of guanidine groups is 1. The van der Waals surface area contributed by atoms with Crippen molar-refractivity contribution in [3.63, 3.8) is 0 Å². The first-order valence-electron chi connectivity index (χ1n) is 7.95. The third kappa shape index (κ3) is 6.80. The number of hydrogen-bond acceptors (Lipinski definition) is 2. The minimum absolute atomic E-state index is 0.198. The number of hydrogen-bond donors (Lipinski definition) is 3. The van der Waals surface area contributed by atoms with Crippen LogP contribution in [0.1, 0.15) is 46.5 Å². The summed E-state index contributed by atoms with van der Waals surface area (Å²) in [6.07, 6.45) is 3.60. The van der Waals surface area contributed by atoms with Gasteiger partial charge >= 0.3 is 5.96 Å².